The van der Waals surface area contributed by atoms with E-state index in [1.165, 1.54) is 25.0 Å². The van der Waals surface area contributed by atoms with Gasteiger partial charge in [-0.1, -0.05) is 0 Å². The lowest BCUT2D eigenvalue weighted by molar-refractivity contribution is 0.248. The highest BCUT2D eigenvalue weighted by Gasteiger charge is 2.22. The average molecular weight is 373 g/mol. The number of piperazine rings is 1. The van der Waals surface area contributed by atoms with E-state index in [1.54, 1.807) is 0 Å². The molecule has 4 rings (SSSR count). The minimum Gasteiger partial charge on any atom is -0.356 e. The summed E-state index contributed by atoms with van der Waals surface area (Å²) in [4.78, 5) is 16.2. The van der Waals surface area contributed by atoms with E-state index in [9.17, 15) is 8.78 Å². The van der Waals surface area contributed by atoms with Gasteiger partial charge in [0.05, 0.1) is 0 Å². The molecule has 7 heteroatoms. The number of aromatic nitrogens is 2. The number of anilines is 2. The third kappa shape index (κ3) is 4.35. The maximum atomic E-state index is 13.4. The Morgan fingerprint density at radius 2 is 1.48 bits per heavy atom. The van der Waals surface area contributed by atoms with Crippen molar-refractivity contribution >= 4 is 11.8 Å². The zero-order valence-electron chi connectivity index (χ0n) is 15.7. The molecule has 27 heavy (non-hydrogen) atoms. The van der Waals surface area contributed by atoms with E-state index < -0.39 is 11.6 Å². The van der Waals surface area contributed by atoms with E-state index in [0.29, 0.717) is 12.1 Å². The molecule has 2 aliphatic heterocycles. The van der Waals surface area contributed by atoms with Gasteiger partial charge in [-0.25, -0.2) is 13.8 Å². The Labute approximate surface area is 158 Å². The van der Waals surface area contributed by atoms with Crippen molar-refractivity contribution in [2.24, 2.45) is 0 Å². The van der Waals surface area contributed by atoms with E-state index in [2.05, 4.69) is 25.8 Å². The quantitative estimate of drug-likeness (QED) is 0.823. The average Bonchev–Trinajstić information content (AvgIpc) is 3.16. The molecule has 5 nitrogen and oxygen atoms in total. The SMILES string of the molecule is Cc1cc(N2CCCC2)nc(N2CCN(Cc3cc(F)cc(F)c3)CC2)n1. The first-order valence-electron chi connectivity index (χ1n) is 9.60. The summed E-state index contributed by atoms with van der Waals surface area (Å²) in [5.41, 5.74) is 1.66. The molecule has 3 heterocycles. The maximum Gasteiger partial charge on any atom is 0.227 e. The van der Waals surface area contributed by atoms with Crippen LogP contribution in [0.4, 0.5) is 20.5 Å². The fraction of sp³-hybridized carbons (Fsp3) is 0.500. The highest BCUT2D eigenvalue weighted by molar-refractivity contribution is 5.46. The molecule has 144 valence electrons. The van der Waals surface area contributed by atoms with Gasteiger partial charge in [0.2, 0.25) is 5.95 Å². The Hall–Kier alpha value is -2.28. The Morgan fingerprint density at radius 3 is 2.15 bits per heavy atom. The number of hydrogen-bond acceptors (Lipinski definition) is 5. The summed E-state index contributed by atoms with van der Waals surface area (Å²) < 4.78 is 26.8. The zero-order chi connectivity index (χ0) is 18.8. The number of halogens is 2. The Bertz CT molecular complexity index is 779. The van der Waals surface area contributed by atoms with E-state index >= 15 is 0 Å². The number of rotatable bonds is 4. The van der Waals surface area contributed by atoms with Crippen molar-refractivity contribution in [3.63, 3.8) is 0 Å². The van der Waals surface area contributed by atoms with Crippen LogP contribution in [0, 0.1) is 18.6 Å². The van der Waals surface area contributed by atoms with Crippen molar-refractivity contribution in [1.29, 1.82) is 0 Å². The maximum absolute atomic E-state index is 13.4. The largest absolute Gasteiger partial charge is 0.356 e. The minimum absolute atomic E-state index is 0.522. The van der Waals surface area contributed by atoms with Crippen LogP contribution >= 0.6 is 0 Å². The first-order valence-corrected chi connectivity index (χ1v) is 9.60. The van der Waals surface area contributed by atoms with Gasteiger partial charge in [-0.15, -0.1) is 0 Å². The van der Waals surface area contributed by atoms with E-state index in [0.717, 1.165) is 62.8 Å². The van der Waals surface area contributed by atoms with Gasteiger partial charge < -0.3 is 9.80 Å². The third-order valence-electron chi connectivity index (χ3n) is 5.24. The standard InChI is InChI=1S/C20H25F2N5/c1-15-10-19(26-4-2-3-5-26)24-20(23-15)27-8-6-25(7-9-27)14-16-11-17(21)13-18(22)12-16/h10-13H,2-9,14H2,1H3. The van der Waals surface area contributed by atoms with Crippen LogP contribution in [0.2, 0.25) is 0 Å². The lowest BCUT2D eigenvalue weighted by Gasteiger charge is -2.35. The van der Waals surface area contributed by atoms with Crippen LogP contribution in [0.1, 0.15) is 24.1 Å². The molecule has 2 aromatic rings. The summed E-state index contributed by atoms with van der Waals surface area (Å²) in [5.74, 6) is 0.762. The van der Waals surface area contributed by atoms with Crippen LogP contribution in [0.3, 0.4) is 0 Å². The molecule has 1 aromatic heterocycles. The summed E-state index contributed by atoms with van der Waals surface area (Å²) in [6.07, 6.45) is 2.44. The smallest absolute Gasteiger partial charge is 0.227 e. The molecule has 0 N–H and O–H groups in total. The molecular formula is C20H25F2N5. The Kier molecular flexibility index (Phi) is 5.20. The normalized spacial score (nSPS) is 18.3. The summed E-state index contributed by atoms with van der Waals surface area (Å²) in [6.45, 7) is 7.93. The van der Waals surface area contributed by atoms with Crippen LogP contribution in [0.25, 0.3) is 0 Å². The Balaban J connectivity index is 1.40. The molecule has 2 fully saturated rings. The molecule has 2 saturated heterocycles. The summed E-state index contributed by atoms with van der Waals surface area (Å²) in [6, 6.07) is 5.78. The van der Waals surface area contributed by atoms with Crippen molar-refractivity contribution in [1.82, 2.24) is 14.9 Å². The number of hydrogen-bond donors (Lipinski definition) is 0. The Morgan fingerprint density at radius 1 is 0.815 bits per heavy atom. The highest BCUT2D eigenvalue weighted by atomic mass is 19.1. The predicted octanol–water partition coefficient (Wildman–Crippen LogP) is 2.99. The van der Waals surface area contributed by atoms with Gasteiger partial charge in [0, 0.05) is 63.6 Å². The second-order valence-corrected chi connectivity index (χ2v) is 7.40. The fourth-order valence-electron chi connectivity index (χ4n) is 3.85. The molecule has 0 bridgehead atoms. The van der Waals surface area contributed by atoms with Crippen molar-refractivity contribution in [3.05, 3.63) is 47.2 Å². The van der Waals surface area contributed by atoms with E-state index in [4.69, 9.17) is 4.98 Å². The van der Waals surface area contributed by atoms with Crippen LogP contribution in [0.15, 0.2) is 24.3 Å². The molecule has 0 atom stereocenters. The fourth-order valence-corrected chi connectivity index (χ4v) is 3.85. The third-order valence-corrected chi connectivity index (χ3v) is 5.24. The van der Waals surface area contributed by atoms with Gasteiger partial charge >= 0.3 is 0 Å². The van der Waals surface area contributed by atoms with E-state index in [1.807, 2.05) is 6.92 Å². The topological polar surface area (TPSA) is 35.5 Å². The number of benzene rings is 1. The van der Waals surface area contributed by atoms with Crippen molar-refractivity contribution in [2.45, 2.75) is 26.3 Å². The van der Waals surface area contributed by atoms with E-state index in [-0.39, 0.29) is 0 Å². The van der Waals surface area contributed by atoms with Gasteiger partial charge in [0.1, 0.15) is 17.5 Å². The molecule has 0 aliphatic carbocycles. The van der Waals surface area contributed by atoms with Crippen molar-refractivity contribution < 1.29 is 8.78 Å². The van der Waals surface area contributed by atoms with Crippen LogP contribution in [-0.2, 0) is 6.54 Å². The van der Waals surface area contributed by atoms with Gasteiger partial charge in [-0.2, -0.15) is 4.98 Å². The molecule has 1 aromatic carbocycles. The molecule has 0 amide bonds. The molecular weight excluding hydrogens is 348 g/mol. The van der Waals surface area contributed by atoms with Crippen LogP contribution in [0.5, 0.6) is 0 Å². The zero-order valence-corrected chi connectivity index (χ0v) is 15.7. The van der Waals surface area contributed by atoms with Crippen molar-refractivity contribution in [3.8, 4) is 0 Å². The monoisotopic (exact) mass is 373 g/mol. The second-order valence-electron chi connectivity index (χ2n) is 7.40. The van der Waals surface area contributed by atoms with Crippen LogP contribution in [-0.4, -0.2) is 54.1 Å². The van der Waals surface area contributed by atoms with Gasteiger partial charge in [0.15, 0.2) is 0 Å². The highest BCUT2D eigenvalue weighted by Crippen LogP contribution is 2.22. The molecule has 0 unspecified atom stereocenters. The summed E-state index contributed by atoms with van der Waals surface area (Å²) in [5, 5.41) is 0. The lowest BCUT2D eigenvalue weighted by Crippen LogP contribution is -2.46. The van der Waals surface area contributed by atoms with Crippen molar-refractivity contribution in [2.75, 3.05) is 49.1 Å². The first kappa shape index (κ1) is 18.1. The molecule has 0 saturated carbocycles. The summed E-state index contributed by atoms with van der Waals surface area (Å²) in [7, 11) is 0. The number of nitrogens with zero attached hydrogens (tertiary/aromatic N) is 5. The lowest BCUT2D eigenvalue weighted by atomic mass is 10.2. The molecule has 0 radical (unpaired) electrons. The first-order chi connectivity index (χ1) is 13.1. The van der Waals surface area contributed by atoms with Gasteiger partial charge in [0.25, 0.3) is 0 Å². The molecule has 0 spiro atoms. The second kappa shape index (κ2) is 7.76. The molecule has 2 aliphatic rings. The number of aryl methyl sites for hydroxylation is 1. The van der Waals surface area contributed by atoms with Gasteiger partial charge in [-0.3, -0.25) is 4.90 Å². The minimum atomic E-state index is -0.522. The summed E-state index contributed by atoms with van der Waals surface area (Å²) >= 11 is 0. The van der Waals surface area contributed by atoms with Crippen LogP contribution < -0.4 is 9.80 Å². The van der Waals surface area contributed by atoms with Gasteiger partial charge in [-0.05, 0) is 37.5 Å². The predicted molar refractivity (Wildman–Crippen MR) is 102 cm³/mol.